The van der Waals surface area contributed by atoms with E-state index in [1.54, 1.807) is 6.92 Å². The Morgan fingerprint density at radius 3 is 2.65 bits per heavy atom. The molecule has 17 heavy (non-hydrogen) atoms. The fourth-order valence-electron chi connectivity index (χ4n) is 2.01. The van der Waals surface area contributed by atoms with E-state index >= 15 is 0 Å². The van der Waals surface area contributed by atoms with Crippen molar-refractivity contribution in [2.75, 3.05) is 33.2 Å². The minimum atomic E-state index is 0.533. The summed E-state index contributed by atoms with van der Waals surface area (Å²) in [5.74, 6) is 0. The molecule has 1 aromatic rings. The molecule has 0 bridgehead atoms. The van der Waals surface area contributed by atoms with Gasteiger partial charge in [0.1, 0.15) is 0 Å². The van der Waals surface area contributed by atoms with E-state index in [0.29, 0.717) is 5.71 Å². The van der Waals surface area contributed by atoms with Gasteiger partial charge >= 0.3 is 0 Å². The van der Waals surface area contributed by atoms with Crippen LogP contribution in [0.4, 0.5) is 0 Å². The Hall–Kier alpha value is -1.26. The van der Waals surface area contributed by atoms with Gasteiger partial charge in [0.2, 0.25) is 0 Å². The second kappa shape index (κ2) is 5.38. The Morgan fingerprint density at radius 2 is 2.00 bits per heavy atom. The van der Waals surface area contributed by atoms with Gasteiger partial charge < -0.3 is 10.3 Å². The lowest BCUT2D eigenvalue weighted by Crippen LogP contribution is -2.44. The molecule has 0 unspecified atom stereocenters. The number of pyridine rings is 1. The highest BCUT2D eigenvalue weighted by Gasteiger charge is 2.14. The fraction of sp³-hybridized carbons (Fsp3) is 0.538. The Morgan fingerprint density at radius 1 is 1.29 bits per heavy atom. The van der Waals surface area contributed by atoms with Gasteiger partial charge in [0.25, 0.3) is 0 Å². The summed E-state index contributed by atoms with van der Waals surface area (Å²) in [5.41, 5.74) is 2.39. The first kappa shape index (κ1) is 12.2. The average Bonchev–Trinajstić information content (AvgIpc) is 2.32. The van der Waals surface area contributed by atoms with Crippen LogP contribution in [0.2, 0.25) is 0 Å². The second-order valence-electron chi connectivity index (χ2n) is 4.72. The number of likely N-dealkylation sites (N-methyl/N-ethyl adjacent to an activating group) is 1. The summed E-state index contributed by atoms with van der Waals surface area (Å²) in [6, 6.07) is 5.94. The first-order valence-corrected chi connectivity index (χ1v) is 6.07. The predicted octanol–water partition coefficient (Wildman–Crippen LogP) is 1.22. The Balaban J connectivity index is 1.98. The van der Waals surface area contributed by atoms with Gasteiger partial charge in [0.15, 0.2) is 0 Å². The average molecular weight is 232 g/mol. The SMILES string of the molecule is CC(=N)c1cccc(CN2CCN(C)CC2)n1. The van der Waals surface area contributed by atoms with E-state index in [9.17, 15) is 0 Å². The summed E-state index contributed by atoms with van der Waals surface area (Å²) in [6.45, 7) is 7.14. The van der Waals surface area contributed by atoms with Crippen molar-refractivity contribution in [3.63, 3.8) is 0 Å². The zero-order chi connectivity index (χ0) is 12.3. The van der Waals surface area contributed by atoms with Crippen molar-refractivity contribution in [1.82, 2.24) is 14.8 Å². The quantitative estimate of drug-likeness (QED) is 0.797. The lowest BCUT2D eigenvalue weighted by atomic mass is 10.2. The fourth-order valence-corrected chi connectivity index (χ4v) is 2.01. The molecule has 92 valence electrons. The van der Waals surface area contributed by atoms with Crippen LogP contribution in [0, 0.1) is 5.41 Å². The maximum atomic E-state index is 7.60. The minimum absolute atomic E-state index is 0.533. The highest BCUT2D eigenvalue weighted by Crippen LogP contribution is 2.07. The predicted molar refractivity (Wildman–Crippen MR) is 69.5 cm³/mol. The Kier molecular flexibility index (Phi) is 3.86. The largest absolute Gasteiger partial charge is 0.304 e. The van der Waals surface area contributed by atoms with Crippen LogP contribution < -0.4 is 0 Å². The Bertz CT molecular complexity index is 394. The summed E-state index contributed by atoms with van der Waals surface area (Å²) in [7, 11) is 2.16. The molecule has 0 radical (unpaired) electrons. The lowest BCUT2D eigenvalue weighted by molar-refractivity contribution is 0.147. The second-order valence-corrected chi connectivity index (χ2v) is 4.72. The van der Waals surface area contributed by atoms with Gasteiger partial charge in [-0.25, -0.2) is 0 Å². The van der Waals surface area contributed by atoms with E-state index in [0.717, 1.165) is 44.1 Å². The van der Waals surface area contributed by atoms with Gasteiger partial charge in [-0.2, -0.15) is 0 Å². The third-order valence-corrected chi connectivity index (χ3v) is 3.17. The van der Waals surface area contributed by atoms with Crippen molar-refractivity contribution in [1.29, 1.82) is 5.41 Å². The molecule has 1 aromatic heterocycles. The van der Waals surface area contributed by atoms with Crippen LogP contribution in [0.3, 0.4) is 0 Å². The molecule has 2 rings (SSSR count). The van der Waals surface area contributed by atoms with Gasteiger partial charge in [-0.05, 0) is 26.1 Å². The maximum Gasteiger partial charge on any atom is 0.0838 e. The topological polar surface area (TPSA) is 43.2 Å². The molecular weight excluding hydrogens is 212 g/mol. The lowest BCUT2D eigenvalue weighted by Gasteiger charge is -2.32. The molecule has 1 aliphatic heterocycles. The van der Waals surface area contributed by atoms with Crippen LogP contribution in [0.5, 0.6) is 0 Å². The highest BCUT2D eigenvalue weighted by atomic mass is 15.2. The number of nitrogens with one attached hydrogen (secondary N) is 1. The normalized spacial score (nSPS) is 18.2. The first-order valence-electron chi connectivity index (χ1n) is 6.07. The summed E-state index contributed by atoms with van der Waals surface area (Å²) in [4.78, 5) is 9.28. The molecule has 1 fully saturated rings. The van der Waals surface area contributed by atoms with E-state index in [4.69, 9.17) is 5.41 Å². The van der Waals surface area contributed by atoms with Crippen LogP contribution in [0.25, 0.3) is 0 Å². The molecule has 1 aliphatic rings. The summed E-state index contributed by atoms with van der Waals surface area (Å²) in [6.07, 6.45) is 0. The van der Waals surface area contributed by atoms with E-state index < -0.39 is 0 Å². The van der Waals surface area contributed by atoms with Crippen LogP contribution >= 0.6 is 0 Å². The molecule has 0 saturated carbocycles. The number of rotatable bonds is 3. The molecule has 4 heteroatoms. The molecule has 4 nitrogen and oxygen atoms in total. The van der Waals surface area contributed by atoms with Crippen LogP contribution in [-0.4, -0.2) is 53.7 Å². The van der Waals surface area contributed by atoms with Gasteiger partial charge in [-0.3, -0.25) is 9.88 Å². The number of hydrogen-bond donors (Lipinski definition) is 1. The third-order valence-electron chi connectivity index (χ3n) is 3.17. The summed E-state index contributed by atoms with van der Waals surface area (Å²) >= 11 is 0. The van der Waals surface area contributed by atoms with Gasteiger partial charge in [0, 0.05) is 32.7 Å². The zero-order valence-corrected chi connectivity index (χ0v) is 10.6. The van der Waals surface area contributed by atoms with Crippen LogP contribution in [-0.2, 0) is 6.54 Å². The number of hydrogen-bond acceptors (Lipinski definition) is 4. The van der Waals surface area contributed by atoms with Crippen LogP contribution in [0.1, 0.15) is 18.3 Å². The summed E-state index contributed by atoms with van der Waals surface area (Å²) in [5, 5.41) is 7.60. The monoisotopic (exact) mass is 232 g/mol. The van der Waals surface area contributed by atoms with E-state index in [2.05, 4.69) is 21.8 Å². The number of piperazine rings is 1. The van der Waals surface area contributed by atoms with Crippen molar-refractivity contribution in [3.05, 3.63) is 29.6 Å². The van der Waals surface area contributed by atoms with Gasteiger partial charge in [0.05, 0.1) is 17.1 Å². The number of nitrogens with zero attached hydrogens (tertiary/aromatic N) is 3. The zero-order valence-electron chi connectivity index (χ0n) is 10.6. The van der Waals surface area contributed by atoms with Gasteiger partial charge in [-0.15, -0.1) is 0 Å². The van der Waals surface area contributed by atoms with Crippen molar-refractivity contribution < 1.29 is 0 Å². The molecular formula is C13H20N4. The van der Waals surface area contributed by atoms with Crippen LogP contribution in [0.15, 0.2) is 18.2 Å². The molecule has 0 aliphatic carbocycles. The number of aromatic nitrogens is 1. The molecule has 1 N–H and O–H groups in total. The van der Waals surface area contributed by atoms with Gasteiger partial charge in [-0.1, -0.05) is 6.07 Å². The molecule has 2 heterocycles. The molecule has 0 aromatic carbocycles. The molecule has 1 saturated heterocycles. The highest BCUT2D eigenvalue weighted by molar-refractivity contribution is 5.94. The van der Waals surface area contributed by atoms with E-state index in [-0.39, 0.29) is 0 Å². The van der Waals surface area contributed by atoms with E-state index in [1.165, 1.54) is 0 Å². The smallest absolute Gasteiger partial charge is 0.0838 e. The van der Waals surface area contributed by atoms with Crippen molar-refractivity contribution in [2.24, 2.45) is 0 Å². The standard InChI is InChI=1S/C13H20N4/c1-11(14)13-5-3-4-12(15-13)10-17-8-6-16(2)7-9-17/h3-5,14H,6-10H2,1-2H3. The molecule has 0 amide bonds. The van der Waals surface area contributed by atoms with Crippen molar-refractivity contribution in [3.8, 4) is 0 Å². The Labute approximate surface area is 103 Å². The molecule has 0 spiro atoms. The van der Waals surface area contributed by atoms with E-state index in [1.807, 2.05) is 18.2 Å². The minimum Gasteiger partial charge on any atom is -0.304 e. The third kappa shape index (κ3) is 3.35. The summed E-state index contributed by atoms with van der Waals surface area (Å²) < 4.78 is 0. The first-order chi connectivity index (χ1) is 8.15. The van der Waals surface area contributed by atoms with Crippen molar-refractivity contribution >= 4 is 5.71 Å². The maximum absolute atomic E-state index is 7.60. The van der Waals surface area contributed by atoms with Crippen molar-refractivity contribution in [2.45, 2.75) is 13.5 Å². The molecule has 0 atom stereocenters.